The summed E-state index contributed by atoms with van der Waals surface area (Å²) < 4.78 is 0. The van der Waals surface area contributed by atoms with Crippen LogP contribution < -0.4 is 10.6 Å². The molecule has 1 saturated carbocycles. The lowest BCUT2D eigenvalue weighted by atomic mass is 10.2. The van der Waals surface area contributed by atoms with Gasteiger partial charge in [0.2, 0.25) is 5.91 Å². The SMILES string of the molecule is Cl.Cl.NC1(C(=O)N2CCN(c3ccccc3)CC2)CC1. The quantitative estimate of drug-likeness (QED) is 0.902. The topological polar surface area (TPSA) is 49.6 Å². The van der Waals surface area contributed by atoms with Gasteiger partial charge in [0.05, 0.1) is 5.54 Å². The van der Waals surface area contributed by atoms with Crippen molar-refractivity contribution in [2.24, 2.45) is 5.73 Å². The van der Waals surface area contributed by atoms with Crippen LogP contribution >= 0.6 is 24.8 Å². The maximum Gasteiger partial charge on any atom is 0.242 e. The molecule has 1 aliphatic heterocycles. The Morgan fingerprint density at radius 1 is 1.00 bits per heavy atom. The minimum absolute atomic E-state index is 0. The van der Waals surface area contributed by atoms with E-state index in [0.717, 1.165) is 39.0 Å². The highest BCUT2D eigenvalue weighted by Crippen LogP contribution is 2.34. The fraction of sp³-hybridized carbons (Fsp3) is 0.500. The second-order valence-electron chi connectivity index (χ2n) is 5.27. The van der Waals surface area contributed by atoms with Crippen molar-refractivity contribution >= 4 is 36.4 Å². The molecule has 1 aromatic rings. The van der Waals surface area contributed by atoms with Crippen LogP contribution in [0.2, 0.25) is 0 Å². The molecule has 1 aliphatic carbocycles. The molecule has 1 saturated heterocycles. The number of carbonyl (C=O) groups excluding carboxylic acids is 1. The third-order valence-corrected chi connectivity index (χ3v) is 3.90. The number of rotatable bonds is 2. The number of anilines is 1. The third kappa shape index (κ3) is 3.37. The molecule has 2 fully saturated rings. The Morgan fingerprint density at radius 2 is 1.55 bits per heavy atom. The molecule has 3 rings (SSSR count). The van der Waals surface area contributed by atoms with Gasteiger partial charge in [-0.3, -0.25) is 4.79 Å². The predicted octanol–water partition coefficient (Wildman–Crippen LogP) is 1.67. The van der Waals surface area contributed by atoms with Gasteiger partial charge in [0.1, 0.15) is 0 Å². The summed E-state index contributed by atoms with van der Waals surface area (Å²) in [6.07, 6.45) is 1.70. The van der Waals surface area contributed by atoms with E-state index in [1.165, 1.54) is 5.69 Å². The van der Waals surface area contributed by atoms with Crippen LogP contribution in [0.25, 0.3) is 0 Å². The van der Waals surface area contributed by atoms with Crippen LogP contribution in [-0.2, 0) is 4.79 Å². The zero-order valence-corrected chi connectivity index (χ0v) is 13.0. The summed E-state index contributed by atoms with van der Waals surface area (Å²) in [5, 5.41) is 0. The molecule has 6 heteroatoms. The summed E-state index contributed by atoms with van der Waals surface area (Å²) >= 11 is 0. The molecule has 1 aromatic carbocycles. The largest absolute Gasteiger partial charge is 0.368 e. The van der Waals surface area contributed by atoms with Gasteiger partial charge in [-0.05, 0) is 25.0 Å². The Balaban J connectivity index is 0.000001000. The Kier molecular flexibility index (Phi) is 5.68. The molecular formula is C14H21Cl2N3O. The summed E-state index contributed by atoms with van der Waals surface area (Å²) in [5.74, 6) is 0.148. The zero-order chi connectivity index (χ0) is 12.6. The van der Waals surface area contributed by atoms with E-state index in [2.05, 4.69) is 17.0 Å². The number of halogens is 2. The highest BCUT2D eigenvalue weighted by Gasteiger charge is 2.48. The average Bonchev–Trinajstić information content (AvgIpc) is 3.18. The van der Waals surface area contributed by atoms with Crippen molar-refractivity contribution < 1.29 is 4.79 Å². The Bertz CT molecular complexity index is 443. The number of amides is 1. The number of para-hydroxylation sites is 1. The van der Waals surface area contributed by atoms with Gasteiger partial charge in [0.25, 0.3) is 0 Å². The fourth-order valence-electron chi connectivity index (χ4n) is 2.47. The van der Waals surface area contributed by atoms with E-state index in [4.69, 9.17) is 5.73 Å². The van der Waals surface area contributed by atoms with Crippen molar-refractivity contribution in [3.05, 3.63) is 30.3 Å². The Morgan fingerprint density at radius 3 is 2.05 bits per heavy atom. The maximum absolute atomic E-state index is 12.1. The van der Waals surface area contributed by atoms with E-state index in [0.29, 0.717) is 0 Å². The molecule has 4 nitrogen and oxygen atoms in total. The van der Waals surface area contributed by atoms with Crippen LogP contribution in [-0.4, -0.2) is 42.5 Å². The first-order valence-corrected chi connectivity index (χ1v) is 6.57. The molecule has 0 bridgehead atoms. The van der Waals surface area contributed by atoms with Crippen LogP contribution in [0.4, 0.5) is 5.69 Å². The van der Waals surface area contributed by atoms with Crippen LogP contribution in [0.5, 0.6) is 0 Å². The van der Waals surface area contributed by atoms with Crippen molar-refractivity contribution in [3.63, 3.8) is 0 Å². The standard InChI is InChI=1S/C14H19N3O.2ClH/c15-14(6-7-14)13(18)17-10-8-16(9-11-17)12-4-2-1-3-5-12;;/h1-5H,6-11,15H2;2*1H. The molecular weight excluding hydrogens is 297 g/mol. The number of hydrogen-bond donors (Lipinski definition) is 1. The number of hydrogen-bond acceptors (Lipinski definition) is 3. The van der Waals surface area contributed by atoms with Gasteiger partial charge >= 0.3 is 0 Å². The summed E-state index contributed by atoms with van der Waals surface area (Å²) in [7, 11) is 0. The zero-order valence-electron chi connectivity index (χ0n) is 11.3. The lowest BCUT2D eigenvalue weighted by Crippen LogP contribution is -2.54. The van der Waals surface area contributed by atoms with E-state index in [-0.39, 0.29) is 30.7 Å². The summed E-state index contributed by atoms with van der Waals surface area (Å²) in [5.41, 5.74) is 6.68. The number of nitrogens with zero attached hydrogens (tertiary/aromatic N) is 2. The van der Waals surface area contributed by atoms with Crippen molar-refractivity contribution in [1.82, 2.24) is 4.90 Å². The summed E-state index contributed by atoms with van der Waals surface area (Å²) in [4.78, 5) is 16.4. The maximum atomic E-state index is 12.1. The van der Waals surface area contributed by atoms with Gasteiger partial charge in [-0.25, -0.2) is 0 Å². The molecule has 0 spiro atoms. The highest BCUT2D eigenvalue weighted by atomic mass is 35.5. The van der Waals surface area contributed by atoms with Crippen LogP contribution in [0.15, 0.2) is 30.3 Å². The molecule has 2 aliphatic rings. The van der Waals surface area contributed by atoms with Crippen LogP contribution in [0, 0.1) is 0 Å². The molecule has 0 radical (unpaired) electrons. The molecule has 1 heterocycles. The summed E-state index contributed by atoms with van der Waals surface area (Å²) in [6.45, 7) is 3.36. The molecule has 0 atom stereocenters. The van der Waals surface area contributed by atoms with Gasteiger partial charge in [-0.15, -0.1) is 24.8 Å². The Hall–Kier alpha value is -0.970. The van der Waals surface area contributed by atoms with Crippen molar-refractivity contribution in [3.8, 4) is 0 Å². The van der Waals surface area contributed by atoms with Crippen LogP contribution in [0.3, 0.4) is 0 Å². The number of benzene rings is 1. The van der Waals surface area contributed by atoms with Crippen molar-refractivity contribution in [2.75, 3.05) is 31.1 Å². The van der Waals surface area contributed by atoms with Gasteiger partial charge in [-0.2, -0.15) is 0 Å². The Labute approximate surface area is 132 Å². The van der Waals surface area contributed by atoms with Gasteiger partial charge in [0, 0.05) is 31.9 Å². The number of nitrogens with two attached hydrogens (primary N) is 1. The first-order chi connectivity index (χ1) is 8.69. The second kappa shape index (κ2) is 6.66. The van der Waals surface area contributed by atoms with Crippen molar-refractivity contribution in [2.45, 2.75) is 18.4 Å². The first-order valence-electron chi connectivity index (χ1n) is 6.57. The van der Waals surface area contributed by atoms with Crippen LogP contribution in [0.1, 0.15) is 12.8 Å². The average molecular weight is 318 g/mol. The molecule has 0 aromatic heterocycles. The monoisotopic (exact) mass is 317 g/mol. The third-order valence-electron chi connectivity index (χ3n) is 3.90. The lowest BCUT2D eigenvalue weighted by Gasteiger charge is -2.37. The van der Waals surface area contributed by atoms with E-state index in [1.54, 1.807) is 0 Å². The minimum atomic E-state index is -0.519. The fourth-order valence-corrected chi connectivity index (χ4v) is 2.47. The predicted molar refractivity (Wildman–Crippen MR) is 85.9 cm³/mol. The minimum Gasteiger partial charge on any atom is -0.368 e. The molecule has 0 unspecified atom stereocenters. The molecule has 1 amide bonds. The van der Waals surface area contributed by atoms with E-state index >= 15 is 0 Å². The number of piperazine rings is 1. The smallest absolute Gasteiger partial charge is 0.242 e. The second-order valence-corrected chi connectivity index (χ2v) is 5.27. The normalized spacial score (nSPS) is 19.6. The van der Waals surface area contributed by atoms with E-state index in [1.807, 2.05) is 23.1 Å². The molecule has 2 N–H and O–H groups in total. The highest BCUT2D eigenvalue weighted by molar-refractivity contribution is 5.89. The molecule has 20 heavy (non-hydrogen) atoms. The van der Waals surface area contributed by atoms with Gasteiger partial charge < -0.3 is 15.5 Å². The van der Waals surface area contributed by atoms with Crippen molar-refractivity contribution in [1.29, 1.82) is 0 Å². The van der Waals surface area contributed by atoms with Gasteiger partial charge in [0.15, 0.2) is 0 Å². The van der Waals surface area contributed by atoms with Gasteiger partial charge in [-0.1, -0.05) is 18.2 Å². The van der Waals surface area contributed by atoms with E-state index in [9.17, 15) is 4.79 Å². The number of carbonyl (C=O) groups is 1. The summed E-state index contributed by atoms with van der Waals surface area (Å²) in [6, 6.07) is 10.3. The molecule has 112 valence electrons. The van der Waals surface area contributed by atoms with E-state index < -0.39 is 5.54 Å². The lowest BCUT2D eigenvalue weighted by molar-refractivity contribution is -0.133. The first kappa shape index (κ1) is 17.1.